The molecule has 0 aromatic carbocycles. The Morgan fingerprint density at radius 1 is 1.05 bits per heavy atom. The van der Waals surface area contributed by atoms with E-state index in [1.54, 1.807) is 0 Å². The number of ether oxygens (including phenoxy) is 1. The minimum absolute atomic E-state index is 0.0477. The van der Waals surface area contributed by atoms with Crippen LogP contribution in [0.5, 0.6) is 0 Å². The van der Waals surface area contributed by atoms with Crippen LogP contribution in [0.25, 0.3) is 0 Å². The molecule has 0 aromatic rings. The summed E-state index contributed by atoms with van der Waals surface area (Å²) in [4.78, 5) is 2.40. The summed E-state index contributed by atoms with van der Waals surface area (Å²) in [6.07, 6.45) is 7.50. The van der Waals surface area contributed by atoms with E-state index in [1.807, 2.05) is 0 Å². The first kappa shape index (κ1) is 16.3. The summed E-state index contributed by atoms with van der Waals surface area (Å²) in [6, 6.07) is 0.189. The normalized spacial score (nSPS) is 33.3. The minimum Gasteiger partial charge on any atom is -0.369 e. The summed E-state index contributed by atoms with van der Waals surface area (Å²) < 4.78 is 6.29. The van der Waals surface area contributed by atoms with Crippen molar-refractivity contribution in [3.05, 3.63) is 0 Å². The van der Waals surface area contributed by atoms with E-state index in [9.17, 15) is 0 Å². The number of rotatable bonds is 3. The third-order valence-electron chi connectivity index (χ3n) is 5.81. The van der Waals surface area contributed by atoms with Crippen LogP contribution >= 0.6 is 0 Å². The van der Waals surface area contributed by atoms with E-state index >= 15 is 0 Å². The van der Waals surface area contributed by atoms with E-state index in [0.717, 1.165) is 6.42 Å². The summed E-state index contributed by atoms with van der Waals surface area (Å²) in [5, 5.41) is 0. The first-order chi connectivity index (χ1) is 9.11. The van der Waals surface area contributed by atoms with E-state index in [4.69, 9.17) is 10.5 Å². The fourth-order valence-electron chi connectivity index (χ4n) is 4.78. The lowest BCUT2D eigenvalue weighted by Gasteiger charge is -2.50. The second-order valence-corrected chi connectivity index (χ2v) is 8.36. The highest BCUT2D eigenvalue weighted by molar-refractivity contribution is 5.08. The van der Waals surface area contributed by atoms with E-state index in [0.29, 0.717) is 5.92 Å². The minimum atomic E-state index is -0.122. The predicted octanol–water partition coefficient (Wildman–Crippen LogP) is 3.17. The summed E-state index contributed by atoms with van der Waals surface area (Å²) in [6.45, 7) is 8.84. The van der Waals surface area contributed by atoms with Crippen LogP contribution in [-0.4, -0.2) is 41.8 Å². The van der Waals surface area contributed by atoms with E-state index < -0.39 is 0 Å². The molecule has 118 valence electrons. The van der Waals surface area contributed by atoms with Gasteiger partial charge < -0.3 is 15.4 Å². The van der Waals surface area contributed by atoms with Crippen molar-refractivity contribution in [2.24, 2.45) is 11.7 Å². The molecule has 1 aliphatic heterocycles. The molecule has 0 radical (unpaired) electrons. The molecule has 2 atom stereocenters. The van der Waals surface area contributed by atoms with Gasteiger partial charge in [0.1, 0.15) is 0 Å². The summed E-state index contributed by atoms with van der Waals surface area (Å²) in [7, 11) is 4.41. The zero-order valence-electron chi connectivity index (χ0n) is 14.3. The van der Waals surface area contributed by atoms with Crippen molar-refractivity contribution in [1.82, 2.24) is 4.90 Å². The fourth-order valence-corrected chi connectivity index (χ4v) is 4.78. The lowest BCUT2D eigenvalue weighted by Crippen LogP contribution is -2.63. The van der Waals surface area contributed by atoms with Crippen molar-refractivity contribution in [3.63, 3.8) is 0 Å². The molecule has 2 N–H and O–H groups in total. The van der Waals surface area contributed by atoms with Gasteiger partial charge in [-0.15, -0.1) is 0 Å². The second kappa shape index (κ2) is 5.26. The van der Waals surface area contributed by atoms with E-state index in [-0.39, 0.29) is 22.8 Å². The summed E-state index contributed by atoms with van der Waals surface area (Å²) >= 11 is 0. The molecular formula is C17H34N2O. The molecule has 2 fully saturated rings. The maximum atomic E-state index is 6.86. The number of likely N-dealkylation sites (N-methyl/N-ethyl adjacent to an activating group) is 1. The van der Waals surface area contributed by atoms with E-state index in [2.05, 4.69) is 46.7 Å². The van der Waals surface area contributed by atoms with Gasteiger partial charge in [0.15, 0.2) is 0 Å². The van der Waals surface area contributed by atoms with Gasteiger partial charge in [-0.1, -0.05) is 19.3 Å². The fraction of sp³-hybridized carbons (Fsp3) is 1.00. The first-order valence-corrected chi connectivity index (χ1v) is 8.24. The Kier molecular flexibility index (Phi) is 4.27. The van der Waals surface area contributed by atoms with Crippen molar-refractivity contribution in [3.8, 4) is 0 Å². The molecule has 2 aliphatic rings. The SMILES string of the molecule is CN(C)C1(C(N)C2CC(C)(C)OC2(C)C)CCCCC1. The summed E-state index contributed by atoms with van der Waals surface area (Å²) in [5.74, 6) is 0.429. The number of hydrogen-bond acceptors (Lipinski definition) is 3. The molecule has 1 heterocycles. The lowest BCUT2D eigenvalue weighted by atomic mass is 9.67. The van der Waals surface area contributed by atoms with Gasteiger partial charge in [0.05, 0.1) is 11.2 Å². The van der Waals surface area contributed by atoms with Crippen molar-refractivity contribution >= 4 is 0 Å². The highest BCUT2D eigenvalue weighted by Gasteiger charge is 2.54. The van der Waals surface area contributed by atoms with Gasteiger partial charge in [-0.3, -0.25) is 0 Å². The Labute approximate surface area is 125 Å². The molecular weight excluding hydrogens is 248 g/mol. The smallest absolute Gasteiger partial charge is 0.0678 e. The van der Waals surface area contributed by atoms with Crippen molar-refractivity contribution < 1.29 is 4.74 Å². The van der Waals surface area contributed by atoms with E-state index in [1.165, 1.54) is 32.1 Å². The first-order valence-electron chi connectivity index (χ1n) is 8.24. The Morgan fingerprint density at radius 3 is 2.00 bits per heavy atom. The molecule has 0 amide bonds. The Hall–Kier alpha value is -0.120. The molecule has 0 spiro atoms. The third kappa shape index (κ3) is 2.77. The lowest BCUT2D eigenvalue weighted by molar-refractivity contribution is -0.0841. The van der Waals surface area contributed by atoms with Gasteiger partial charge in [0.2, 0.25) is 0 Å². The Balaban J connectivity index is 2.26. The maximum absolute atomic E-state index is 6.86. The molecule has 2 unspecified atom stereocenters. The Morgan fingerprint density at radius 2 is 1.60 bits per heavy atom. The largest absolute Gasteiger partial charge is 0.369 e. The van der Waals surface area contributed by atoms with Crippen LogP contribution in [0.15, 0.2) is 0 Å². The van der Waals surface area contributed by atoms with Crippen molar-refractivity contribution in [1.29, 1.82) is 0 Å². The zero-order valence-corrected chi connectivity index (χ0v) is 14.3. The topological polar surface area (TPSA) is 38.5 Å². The standard InChI is InChI=1S/C17H34N2O/c1-15(2)12-13(16(3,4)20-15)14(18)17(19(5)6)10-8-7-9-11-17/h13-14H,7-12,18H2,1-6H3. The van der Waals surface area contributed by atoms with Crippen LogP contribution in [0.2, 0.25) is 0 Å². The second-order valence-electron chi connectivity index (χ2n) is 8.36. The highest BCUT2D eigenvalue weighted by atomic mass is 16.5. The molecule has 0 aromatic heterocycles. The zero-order chi connectivity index (χ0) is 15.2. The maximum Gasteiger partial charge on any atom is 0.0678 e. The molecule has 1 saturated carbocycles. The average molecular weight is 282 g/mol. The number of nitrogens with zero attached hydrogens (tertiary/aromatic N) is 1. The van der Waals surface area contributed by atoms with Gasteiger partial charge in [0.25, 0.3) is 0 Å². The van der Waals surface area contributed by atoms with Gasteiger partial charge in [-0.05, 0) is 61.1 Å². The molecule has 1 aliphatic carbocycles. The summed E-state index contributed by atoms with van der Waals surface area (Å²) in [5.41, 5.74) is 6.85. The van der Waals surface area contributed by atoms with Gasteiger partial charge in [-0.2, -0.15) is 0 Å². The van der Waals surface area contributed by atoms with Gasteiger partial charge in [0, 0.05) is 17.5 Å². The van der Waals surface area contributed by atoms with Gasteiger partial charge in [-0.25, -0.2) is 0 Å². The molecule has 3 heteroatoms. The molecule has 2 rings (SSSR count). The van der Waals surface area contributed by atoms with Crippen LogP contribution in [0.4, 0.5) is 0 Å². The highest BCUT2D eigenvalue weighted by Crippen LogP contribution is 2.48. The Bertz CT molecular complexity index is 343. The average Bonchev–Trinajstić information content (AvgIpc) is 2.57. The van der Waals surface area contributed by atoms with Crippen LogP contribution < -0.4 is 5.73 Å². The van der Waals surface area contributed by atoms with Crippen LogP contribution in [-0.2, 0) is 4.74 Å². The van der Waals surface area contributed by atoms with Crippen LogP contribution in [0, 0.1) is 5.92 Å². The molecule has 20 heavy (non-hydrogen) atoms. The molecule has 0 bridgehead atoms. The predicted molar refractivity (Wildman–Crippen MR) is 84.8 cm³/mol. The van der Waals surface area contributed by atoms with Gasteiger partial charge >= 0.3 is 0 Å². The molecule has 1 saturated heterocycles. The third-order valence-corrected chi connectivity index (χ3v) is 5.81. The van der Waals surface area contributed by atoms with Crippen LogP contribution in [0.3, 0.4) is 0 Å². The van der Waals surface area contributed by atoms with Crippen molar-refractivity contribution in [2.45, 2.75) is 89.0 Å². The van der Waals surface area contributed by atoms with Crippen LogP contribution in [0.1, 0.15) is 66.2 Å². The monoisotopic (exact) mass is 282 g/mol. The van der Waals surface area contributed by atoms with Crippen molar-refractivity contribution in [2.75, 3.05) is 14.1 Å². The quantitative estimate of drug-likeness (QED) is 0.864. The number of nitrogens with two attached hydrogens (primary N) is 1. The number of hydrogen-bond donors (Lipinski definition) is 1. The molecule has 3 nitrogen and oxygen atoms in total.